The molecule has 2 aliphatic rings. The van der Waals surface area contributed by atoms with Gasteiger partial charge in [-0.3, -0.25) is 4.79 Å². The number of aryl methyl sites for hydroxylation is 1. The lowest BCUT2D eigenvalue weighted by Crippen LogP contribution is -2.39. The van der Waals surface area contributed by atoms with Crippen LogP contribution in [0.2, 0.25) is 0 Å². The lowest BCUT2D eigenvalue weighted by molar-refractivity contribution is -0.133. The second-order valence-electron chi connectivity index (χ2n) is 7.39. The Kier molecular flexibility index (Phi) is 5.93. The first-order chi connectivity index (χ1) is 11.7. The van der Waals surface area contributed by atoms with Crippen LogP contribution in [0.15, 0.2) is 6.20 Å². The van der Waals surface area contributed by atoms with Gasteiger partial charge in [-0.25, -0.2) is 4.98 Å². The van der Waals surface area contributed by atoms with E-state index in [1.54, 1.807) is 7.11 Å². The number of imidazole rings is 1. The first-order valence-electron chi connectivity index (χ1n) is 9.47. The molecule has 1 aliphatic carbocycles. The number of methoxy groups -OCH3 is 1. The van der Waals surface area contributed by atoms with Gasteiger partial charge in [0.2, 0.25) is 5.91 Å². The molecule has 5 heteroatoms. The Labute approximate surface area is 145 Å². The van der Waals surface area contributed by atoms with E-state index in [-0.39, 0.29) is 5.91 Å². The first kappa shape index (κ1) is 17.5. The summed E-state index contributed by atoms with van der Waals surface area (Å²) in [5.41, 5.74) is 1.30. The summed E-state index contributed by atoms with van der Waals surface area (Å²) in [7, 11) is 1.65. The van der Waals surface area contributed by atoms with Gasteiger partial charge in [-0.1, -0.05) is 6.42 Å². The molecule has 1 aromatic heterocycles. The minimum absolute atomic E-state index is 0.244. The predicted octanol–water partition coefficient (Wildman–Crippen LogP) is 3.12. The standard InChI is InChI=1S/C19H31N3O2/c1-15-14-20-19(17-4-3-5-17)22(15)12-8-16-6-10-21(11-7-16)18(23)9-13-24-2/h14,16-17H,3-13H2,1-2H3. The largest absolute Gasteiger partial charge is 0.384 e. The highest BCUT2D eigenvalue weighted by molar-refractivity contribution is 5.76. The maximum absolute atomic E-state index is 12.0. The summed E-state index contributed by atoms with van der Waals surface area (Å²) in [6.45, 7) is 5.60. The topological polar surface area (TPSA) is 47.4 Å². The highest BCUT2D eigenvalue weighted by Crippen LogP contribution is 2.36. The number of ether oxygens (including phenoxy) is 1. The second-order valence-corrected chi connectivity index (χ2v) is 7.39. The van der Waals surface area contributed by atoms with E-state index in [1.807, 2.05) is 11.1 Å². The van der Waals surface area contributed by atoms with Crippen molar-refractivity contribution >= 4 is 5.91 Å². The van der Waals surface area contributed by atoms with Gasteiger partial charge in [-0.05, 0) is 44.9 Å². The summed E-state index contributed by atoms with van der Waals surface area (Å²) >= 11 is 0. The number of nitrogens with zero attached hydrogens (tertiary/aromatic N) is 3. The van der Waals surface area contributed by atoms with Crippen molar-refractivity contribution in [3.8, 4) is 0 Å². The van der Waals surface area contributed by atoms with Crippen molar-refractivity contribution < 1.29 is 9.53 Å². The normalized spacial score (nSPS) is 19.5. The van der Waals surface area contributed by atoms with E-state index in [2.05, 4.69) is 16.5 Å². The number of carbonyl (C=O) groups is 1. The van der Waals surface area contributed by atoms with Crippen LogP contribution in [-0.4, -0.2) is 47.2 Å². The molecule has 0 spiro atoms. The Morgan fingerprint density at radius 3 is 2.67 bits per heavy atom. The molecule has 0 atom stereocenters. The third-order valence-corrected chi connectivity index (χ3v) is 5.80. The van der Waals surface area contributed by atoms with Crippen LogP contribution in [0.3, 0.4) is 0 Å². The smallest absolute Gasteiger partial charge is 0.224 e. The quantitative estimate of drug-likeness (QED) is 0.770. The molecule has 24 heavy (non-hydrogen) atoms. The van der Waals surface area contributed by atoms with E-state index in [0.717, 1.165) is 38.4 Å². The fourth-order valence-corrected chi connectivity index (χ4v) is 3.89. The number of hydrogen-bond acceptors (Lipinski definition) is 3. The third-order valence-electron chi connectivity index (χ3n) is 5.80. The summed E-state index contributed by atoms with van der Waals surface area (Å²) in [5, 5.41) is 0. The zero-order chi connectivity index (χ0) is 16.9. The number of likely N-dealkylation sites (tertiary alicyclic amines) is 1. The summed E-state index contributed by atoms with van der Waals surface area (Å²) in [4.78, 5) is 18.7. The van der Waals surface area contributed by atoms with E-state index in [0.29, 0.717) is 18.9 Å². The van der Waals surface area contributed by atoms with Crippen LogP contribution in [0.25, 0.3) is 0 Å². The van der Waals surface area contributed by atoms with E-state index >= 15 is 0 Å². The second kappa shape index (κ2) is 8.15. The Morgan fingerprint density at radius 2 is 2.04 bits per heavy atom. The summed E-state index contributed by atoms with van der Waals surface area (Å²) in [6, 6.07) is 0. The van der Waals surface area contributed by atoms with Gasteiger partial charge >= 0.3 is 0 Å². The molecule has 3 rings (SSSR count). The minimum atomic E-state index is 0.244. The average molecular weight is 333 g/mol. The van der Waals surface area contributed by atoms with Crippen LogP contribution in [0.5, 0.6) is 0 Å². The zero-order valence-electron chi connectivity index (χ0n) is 15.2. The van der Waals surface area contributed by atoms with Crippen LogP contribution in [0.1, 0.15) is 62.4 Å². The lowest BCUT2D eigenvalue weighted by atomic mass is 9.84. The summed E-state index contributed by atoms with van der Waals surface area (Å²) in [6.07, 6.45) is 9.97. The van der Waals surface area contributed by atoms with E-state index < -0.39 is 0 Å². The molecular weight excluding hydrogens is 302 g/mol. The maximum atomic E-state index is 12.0. The minimum Gasteiger partial charge on any atom is -0.384 e. The van der Waals surface area contributed by atoms with E-state index in [1.165, 1.54) is 37.2 Å². The Bertz CT molecular complexity index is 543. The molecule has 0 unspecified atom stereocenters. The van der Waals surface area contributed by atoms with Crippen molar-refractivity contribution in [1.29, 1.82) is 0 Å². The third kappa shape index (κ3) is 4.00. The molecule has 1 amide bonds. The molecule has 2 fully saturated rings. The molecule has 0 aromatic carbocycles. The van der Waals surface area contributed by atoms with Crippen LogP contribution in [0, 0.1) is 12.8 Å². The Morgan fingerprint density at radius 1 is 1.29 bits per heavy atom. The van der Waals surface area contributed by atoms with Crippen LogP contribution < -0.4 is 0 Å². The maximum Gasteiger partial charge on any atom is 0.224 e. The number of carbonyl (C=O) groups excluding carboxylic acids is 1. The van der Waals surface area contributed by atoms with Gasteiger partial charge in [0.25, 0.3) is 0 Å². The highest BCUT2D eigenvalue weighted by atomic mass is 16.5. The molecule has 5 nitrogen and oxygen atoms in total. The highest BCUT2D eigenvalue weighted by Gasteiger charge is 2.26. The summed E-state index contributed by atoms with van der Waals surface area (Å²) < 4.78 is 7.45. The SMILES string of the molecule is COCCC(=O)N1CCC(CCn2c(C)cnc2C2CCC2)CC1. The zero-order valence-corrected chi connectivity index (χ0v) is 15.2. The monoisotopic (exact) mass is 333 g/mol. The molecule has 0 N–H and O–H groups in total. The molecular formula is C19H31N3O2. The van der Waals surface area contributed by atoms with Gasteiger partial charge < -0.3 is 14.2 Å². The van der Waals surface area contributed by atoms with Crippen LogP contribution >= 0.6 is 0 Å². The first-order valence-corrected chi connectivity index (χ1v) is 9.47. The van der Waals surface area contributed by atoms with Gasteiger partial charge in [-0.15, -0.1) is 0 Å². The van der Waals surface area contributed by atoms with Crippen molar-refractivity contribution in [1.82, 2.24) is 14.5 Å². The van der Waals surface area contributed by atoms with Crippen molar-refractivity contribution in [2.24, 2.45) is 5.92 Å². The fourth-order valence-electron chi connectivity index (χ4n) is 3.89. The van der Waals surface area contributed by atoms with Crippen LogP contribution in [-0.2, 0) is 16.1 Å². The lowest BCUT2D eigenvalue weighted by Gasteiger charge is -2.32. The number of amides is 1. The fraction of sp³-hybridized carbons (Fsp3) is 0.789. The molecule has 1 saturated carbocycles. The van der Waals surface area contributed by atoms with Gasteiger partial charge in [0.1, 0.15) is 5.82 Å². The Hall–Kier alpha value is -1.36. The summed E-state index contributed by atoms with van der Waals surface area (Å²) in [5.74, 6) is 2.98. The van der Waals surface area contributed by atoms with Crippen molar-refractivity contribution in [2.45, 2.75) is 64.3 Å². The van der Waals surface area contributed by atoms with Crippen LogP contribution in [0.4, 0.5) is 0 Å². The van der Waals surface area contributed by atoms with Gasteiger partial charge in [-0.2, -0.15) is 0 Å². The molecule has 134 valence electrons. The molecule has 0 radical (unpaired) electrons. The molecule has 2 heterocycles. The number of piperidine rings is 1. The molecule has 1 aliphatic heterocycles. The predicted molar refractivity (Wildman–Crippen MR) is 94.0 cm³/mol. The van der Waals surface area contributed by atoms with Crippen molar-refractivity contribution in [2.75, 3.05) is 26.8 Å². The van der Waals surface area contributed by atoms with Crippen molar-refractivity contribution in [3.05, 3.63) is 17.7 Å². The molecule has 0 bridgehead atoms. The van der Waals surface area contributed by atoms with E-state index in [4.69, 9.17) is 4.74 Å². The average Bonchev–Trinajstić information content (AvgIpc) is 2.90. The molecule has 1 saturated heterocycles. The number of hydrogen-bond donors (Lipinski definition) is 0. The van der Waals surface area contributed by atoms with Crippen molar-refractivity contribution in [3.63, 3.8) is 0 Å². The van der Waals surface area contributed by atoms with Gasteiger partial charge in [0.05, 0.1) is 13.0 Å². The van der Waals surface area contributed by atoms with E-state index in [9.17, 15) is 4.79 Å². The Balaban J connectivity index is 1.45. The molecule has 1 aromatic rings. The van der Waals surface area contributed by atoms with Gasteiger partial charge in [0, 0.05) is 44.6 Å². The van der Waals surface area contributed by atoms with Gasteiger partial charge in [0.15, 0.2) is 0 Å². The number of rotatable bonds is 7. The number of aromatic nitrogens is 2.